The van der Waals surface area contributed by atoms with Crippen molar-refractivity contribution in [3.05, 3.63) is 76.3 Å². The van der Waals surface area contributed by atoms with Gasteiger partial charge < -0.3 is 10.0 Å². The number of halogens is 2. The highest BCUT2D eigenvalue weighted by molar-refractivity contribution is 7.11. The van der Waals surface area contributed by atoms with Gasteiger partial charge in [-0.15, -0.1) is 11.3 Å². The molecule has 0 saturated carbocycles. The van der Waals surface area contributed by atoms with Gasteiger partial charge in [-0.2, -0.15) is 0 Å². The van der Waals surface area contributed by atoms with Gasteiger partial charge in [-0.05, 0) is 12.1 Å². The molecule has 4 rings (SSSR count). The summed E-state index contributed by atoms with van der Waals surface area (Å²) >= 11 is 1.32. The molecule has 0 bridgehead atoms. The minimum Gasteiger partial charge on any atom is -0.510 e. The zero-order valence-corrected chi connectivity index (χ0v) is 14.2. The topological polar surface area (TPSA) is 60.2 Å². The van der Waals surface area contributed by atoms with Gasteiger partial charge in [0.2, 0.25) is 0 Å². The molecule has 0 atom stereocenters. The smallest absolute Gasteiger partial charge is 0.160 e. The highest BCUT2D eigenvalue weighted by atomic mass is 32.1. The van der Waals surface area contributed by atoms with Crippen molar-refractivity contribution in [2.75, 3.05) is 11.4 Å². The van der Waals surface area contributed by atoms with Crippen LogP contribution in [0.1, 0.15) is 5.01 Å². The molecule has 0 unspecified atom stereocenters. The number of aliphatic hydroxyl groups is 1. The Morgan fingerprint density at radius 1 is 1.08 bits per heavy atom. The van der Waals surface area contributed by atoms with Gasteiger partial charge in [0.05, 0.1) is 17.8 Å². The van der Waals surface area contributed by atoms with Crippen LogP contribution in [0.5, 0.6) is 0 Å². The van der Waals surface area contributed by atoms with E-state index in [1.165, 1.54) is 22.3 Å². The van der Waals surface area contributed by atoms with Crippen LogP contribution in [-0.2, 0) is 0 Å². The third kappa shape index (κ3) is 2.76. The monoisotopic (exact) mass is 369 g/mol. The lowest BCUT2D eigenvalue weighted by atomic mass is 10.2. The van der Waals surface area contributed by atoms with Gasteiger partial charge in [0.1, 0.15) is 16.6 Å². The van der Waals surface area contributed by atoms with Crippen LogP contribution in [0.3, 0.4) is 0 Å². The molecule has 4 nitrogen and oxygen atoms in total. The number of benzene rings is 2. The van der Waals surface area contributed by atoms with E-state index in [0.717, 1.165) is 23.4 Å². The molecule has 2 N–H and O–H groups in total. The molecule has 3 aromatic rings. The molecule has 2 heterocycles. The van der Waals surface area contributed by atoms with Crippen molar-refractivity contribution in [2.45, 2.75) is 0 Å². The Morgan fingerprint density at radius 3 is 2.58 bits per heavy atom. The zero-order valence-electron chi connectivity index (χ0n) is 13.4. The fourth-order valence-corrected chi connectivity index (χ4v) is 3.70. The van der Waals surface area contributed by atoms with Gasteiger partial charge in [0.25, 0.3) is 0 Å². The number of aromatic nitrogens is 1. The molecule has 0 fully saturated rings. The molecule has 1 aliphatic rings. The molecule has 1 aromatic heterocycles. The van der Waals surface area contributed by atoms with E-state index >= 15 is 0 Å². The predicted molar refractivity (Wildman–Crippen MR) is 98.5 cm³/mol. The second-order valence-corrected chi connectivity index (χ2v) is 6.62. The maximum atomic E-state index is 13.5. The summed E-state index contributed by atoms with van der Waals surface area (Å²) in [6, 6.07) is 13.0. The summed E-state index contributed by atoms with van der Waals surface area (Å²) in [6.07, 6.45) is 0. The summed E-state index contributed by atoms with van der Waals surface area (Å²) in [5.41, 5.74) is 2.30. The Kier molecular flexibility index (Phi) is 4.00. The third-order valence-corrected chi connectivity index (χ3v) is 4.97. The number of thiazole rings is 1. The van der Waals surface area contributed by atoms with Crippen LogP contribution >= 0.6 is 11.3 Å². The maximum Gasteiger partial charge on any atom is 0.160 e. The van der Waals surface area contributed by atoms with E-state index in [9.17, 15) is 13.9 Å². The molecule has 0 saturated heterocycles. The number of nitrogens with one attached hydrogen (secondary N) is 1. The molecule has 2 aromatic carbocycles. The summed E-state index contributed by atoms with van der Waals surface area (Å²) in [6.45, 7) is 0.0134. The first kappa shape index (κ1) is 16.4. The van der Waals surface area contributed by atoms with Crippen LogP contribution in [-0.4, -0.2) is 22.5 Å². The van der Waals surface area contributed by atoms with Crippen LogP contribution in [0, 0.1) is 17.0 Å². The van der Waals surface area contributed by atoms with Crippen LogP contribution < -0.4 is 4.90 Å². The minimum atomic E-state index is -0.996. The lowest BCUT2D eigenvalue weighted by Gasteiger charge is -2.18. The first-order valence-corrected chi connectivity index (χ1v) is 8.67. The van der Waals surface area contributed by atoms with Gasteiger partial charge in [-0.25, -0.2) is 13.8 Å². The van der Waals surface area contributed by atoms with Gasteiger partial charge in [-0.1, -0.05) is 30.3 Å². The first-order valence-electron chi connectivity index (χ1n) is 7.79. The van der Waals surface area contributed by atoms with E-state index in [4.69, 9.17) is 5.41 Å². The number of rotatable bonds is 3. The second kappa shape index (κ2) is 6.34. The van der Waals surface area contributed by atoms with Gasteiger partial charge in [0.15, 0.2) is 11.6 Å². The molecular weight excluding hydrogens is 356 g/mol. The molecule has 0 amide bonds. The number of hydrogen-bond acceptors (Lipinski definition) is 4. The molecule has 0 radical (unpaired) electrons. The number of aliphatic hydroxyl groups excluding tert-OH is 1. The second-order valence-electron chi connectivity index (χ2n) is 5.76. The Labute approximate surface area is 152 Å². The molecule has 0 spiro atoms. The summed E-state index contributed by atoms with van der Waals surface area (Å²) < 4.78 is 26.7. The molecule has 26 heavy (non-hydrogen) atoms. The lowest BCUT2D eigenvalue weighted by molar-refractivity contribution is 0.411. The quantitative estimate of drug-likeness (QED) is 0.693. The molecule has 130 valence electrons. The summed E-state index contributed by atoms with van der Waals surface area (Å²) in [5, 5.41) is 21.1. The van der Waals surface area contributed by atoms with E-state index in [1.54, 1.807) is 0 Å². The number of amidine groups is 1. The standard InChI is InChI=1S/C19H13F2N3OS/c20-13-7-6-12(8-14(13)21)24-9-16(25)17(18(24)22)19-23-15(10-26-19)11-4-2-1-3-5-11/h1-8,10,22,25H,9H2. The van der Waals surface area contributed by atoms with E-state index in [0.29, 0.717) is 16.3 Å². The largest absolute Gasteiger partial charge is 0.510 e. The van der Waals surface area contributed by atoms with Crippen LogP contribution in [0.25, 0.3) is 16.8 Å². The SMILES string of the molecule is N=C1C(c2nc(-c3ccccc3)cs2)=C(O)CN1c1ccc(F)c(F)c1. The van der Waals surface area contributed by atoms with Crippen molar-refractivity contribution in [3.8, 4) is 11.3 Å². The van der Waals surface area contributed by atoms with Crippen LogP contribution in [0.2, 0.25) is 0 Å². The third-order valence-electron chi connectivity index (χ3n) is 4.11. The van der Waals surface area contributed by atoms with Gasteiger partial charge in [0, 0.05) is 22.7 Å². The minimum absolute atomic E-state index is 0.00229. The lowest BCUT2D eigenvalue weighted by Crippen LogP contribution is -2.26. The average Bonchev–Trinajstić information content (AvgIpc) is 3.23. The Balaban J connectivity index is 1.65. The van der Waals surface area contributed by atoms with E-state index in [1.807, 2.05) is 35.7 Å². The van der Waals surface area contributed by atoms with E-state index < -0.39 is 11.6 Å². The molecule has 7 heteroatoms. The summed E-state index contributed by atoms with van der Waals surface area (Å²) in [4.78, 5) is 5.94. The predicted octanol–water partition coefficient (Wildman–Crippen LogP) is 4.85. The molecule has 1 aliphatic heterocycles. The van der Waals surface area contributed by atoms with E-state index in [2.05, 4.69) is 4.98 Å². The van der Waals surface area contributed by atoms with Crippen LogP contribution in [0.4, 0.5) is 14.5 Å². The van der Waals surface area contributed by atoms with Crippen LogP contribution in [0.15, 0.2) is 59.7 Å². The Morgan fingerprint density at radius 2 is 1.85 bits per heavy atom. The van der Waals surface area contributed by atoms with Gasteiger partial charge >= 0.3 is 0 Å². The van der Waals surface area contributed by atoms with Crippen molar-refractivity contribution >= 4 is 28.4 Å². The number of hydrogen-bond donors (Lipinski definition) is 2. The fraction of sp³-hybridized carbons (Fsp3) is 0.0526. The van der Waals surface area contributed by atoms with Crippen molar-refractivity contribution in [1.29, 1.82) is 5.41 Å². The highest BCUT2D eigenvalue weighted by Crippen LogP contribution is 2.34. The van der Waals surface area contributed by atoms with Crippen molar-refractivity contribution in [3.63, 3.8) is 0 Å². The van der Waals surface area contributed by atoms with Gasteiger partial charge in [-0.3, -0.25) is 5.41 Å². The average molecular weight is 369 g/mol. The first-order chi connectivity index (χ1) is 12.5. The fourth-order valence-electron chi connectivity index (χ4n) is 2.81. The number of nitrogens with zero attached hydrogens (tertiary/aromatic N) is 2. The Bertz CT molecular complexity index is 1030. The zero-order chi connectivity index (χ0) is 18.3. The summed E-state index contributed by atoms with van der Waals surface area (Å²) in [5.74, 6) is -1.97. The highest BCUT2D eigenvalue weighted by Gasteiger charge is 2.31. The van der Waals surface area contributed by atoms with E-state index in [-0.39, 0.29) is 18.1 Å². The maximum absolute atomic E-state index is 13.5. The Hall–Kier alpha value is -3.06. The molecule has 0 aliphatic carbocycles. The summed E-state index contributed by atoms with van der Waals surface area (Å²) in [7, 11) is 0. The molecular formula is C19H13F2N3OS. The van der Waals surface area contributed by atoms with Crippen molar-refractivity contribution in [2.24, 2.45) is 0 Å². The van der Waals surface area contributed by atoms with Crippen molar-refractivity contribution < 1.29 is 13.9 Å². The normalized spacial score (nSPS) is 14.4. The van der Waals surface area contributed by atoms with Crippen molar-refractivity contribution in [1.82, 2.24) is 4.98 Å². The number of anilines is 1.